The second kappa shape index (κ2) is 7.87. The number of rotatable bonds is 4. The average Bonchev–Trinajstić information content (AvgIpc) is 2.22. The predicted octanol–water partition coefficient (Wildman–Crippen LogP) is 0.672. The second-order valence-corrected chi connectivity index (χ2v) is 2.18. The molecule has 0 saturated carbocycles. The van der Waals surface area contributed by atoms with E-state index in [9.17, 15) is 9.59 Å². The number of hydrogen-bond acceptors (Lipinski definition) is 4. The van der Waals surface area contributed by atoms with Crippen LogP contribution in [0.2, 0.25) is 0 Å². The van der Waals surface area contributed by atoms with Crippen LogP contribution in [0.1, 0.15) is 13.3 Å². The van der Waals surface area contributed by atoms with Gasteiger partial charge < -0.3 is 9.47 Å². The number of ether oxygens (including phenoxy) is 2. The topological polar surface area (TPSA) is 52.6 Å². The third kappa shape index (κ3) is 6.92. The van der Waals surface area contributed by atoms with Gasteiger partial charge in [0.1, 0.15) is 0 Å². The van der Waals surface area contributed by atoms with Crippen molar-refractivity contribution in [2.75, 3.05) is 13.2 Å². The summed E-state index contributed by atoms with van der Waals surface area (Å²) in [6.07, 6.45) is 1.38. The maximum absolute atomic E-state index is 10.6. The van der Waals surface area contributed by atoms with Crippen molar-refractivity contribution in [2.24, 2.45) is 0 Å². The lowest BCUT2D eigenvalue weighted by Gasteiger charge is -1.95. The normalized spacial score (nSPS) is 8.07. The van der Waals surface area contributed by atoms with E-state index in [-0.39, 0.29) is 19.2 Å². The highest BCUT2D eigenvalue weighted by atomic mass is 16.5. The Morgan fingerprint density at radius 2 is 1.86 bits per heavy atom. The van der Waals surface area contributed by atoms with Crippen molar-refractivity contribution < 1.29 is 19.1 Å². The van der Waals surface area contributed by atoms with Crippen LogP contribution < -0.4 is 0 Å². The van der Waals surface area contributed by atoms with E-state index in [2.05, 4.69) is 27.9 Å². The number of carbonyl (C=O) groups is 2. The molecule has 0 aromatic carbocycles. The molecule has 0 rings (SSSR count). The van der Waals surface area contributed by atoms with E-state index in [1.807, 2.05) is 0 Å². The molecule has 0 atom stereocenters. The Kier molecular flexibility index (Phi) is 6.88. The zero-order chi connectivity index (χ0) is 10.8. The van der Waals surface area contributed by atoms with E-state index in [4.69, 9.17) is 0 Å². The summed E-state index contributed by atoms with van der Waals surface area (Å²) in [6.45, 7) is 4.92. The van der Waals surface area contributed by atoms with Gasteiger partial charge in [-0.2, -0.15) is 0 Å². The fourth-order valence-corrected chi connectivity index (χ4v) is 0.487. The Balaban J connectivity index is 3.49. The summed E-state index contributed by atoms with van der Waals surface area (Å²) < 4.78 is 9.20. The van der Waals surface area contributed by atoms with Crippen LogP contribution in [0.3, 0.4) is 0 Å². The molecule has 76 valence electrons. The molecule has 4 nitrogen and oxygen atoms in total. The summed E-state index contributed by atoms with van der Waals surface area (Å²) in [5.74, 6) is 4.21. The molecule has 0 aliphatic heterocycles. The first-order valence-electron chi connectivity index (χ1n) is 4.11. The van der Waals surface area contributed by atoms with Crippen LogP contribution in [-0.4, -0.2) is 25.2 Å². The number of hydrogen-bond donors (Lipinski definition) is 0. The molecule has 4 heteroatoms. The lowest BCUT2D eigenvalue weighted by Crippen LogP contribution is -2.03. The van der Waals surface area contributed by atoms with Gasteiger partial charge in [0.05, 0.1) is 0 Å². The first-order chi connectivity index (χ1) is 6.70. The zero-order valence-electron chi connectivity index (χ0n) is 8.04. The highest BCUT2D eigenvalue weighted by Crippen LogP contribution is 1.82. The summed E-state index contributed by atoms with van der Waals surface area (Å²) in [5.41, 5.74) is 0. The molecule has 0 aromatic heterocycles. The van der Waals surface area contributed by atoms with E-state index >= 15 is 0 Å². The summed E-state index contributed by atoms with van der Waals surface area (Å²) in [4.78, 5) is 21.1. The van der Waals surface area contributed by atoms with Gasteiger partial charge in [-0.25, -0.2) is 4.79 Å². The molecule has 0 aromatic rings. The van der Waals surface area contributed by atoms with Gasteiger partial charge in [0.25, 0.3) is 0 Å². The van der Waals surface area contributed by atoms with Crippen LogP contribution in [0.4, 0.5) is 0 Å². The summed E-state index contributed by atoms with van der Waals surface area (Å²) in [7, 11) is 0. The van der Waals surface area contributed by atoms with Crippen LogP contribution in [-0.2, 0) is 19.1 Å². The largest absolute Gasteiger partial charge is 0.452 e. The smallest absolute Gasteiger partial charge is 0.331 e. The maximum Gasteiger partial charge on any atom is 0.331 e. The van der Waals surface area contributed by atoms with Crippen molar-refractivity contribution in [1.82, 2.24) is 0 Å². The molecular weight excluding hydrogens is 184 g/mol. The summed E-state index contributed by atoms with van der Waals surface area (Å²) in [5, 5.41) is 0. The molecule has 0 N–H and O–H groups in total. The van der Waals surface area contributed by atoms with Gasteiger partial charge in [0.15, 0.2) is 13.2 Å². The molecule has 0 spiro atoms. The van der Waals surface area contributed by atoms with Crippen molar-refractivity contribution in [1.29, 1.82) is 0 Å². The number of carbonyl (C=O) groups excluding carboxylic acids is 2. The molecular formula is C10H12O4. The molecule has 0 bridgehead atoms. The van der Waals surface area contributed by atoms with Crippen molar-refractivity contribution in [2.45, 2.75) is 13.3 Å². The third-order valence-corrected chi connectivity index (χ3v) is 1.17. The van der Waals surface area contributed by atoms with Gasteiger partial charge in [-0.1, -0.05) is 25.3 Å². The van der Waals surface area contributed by atoms with E-state index in [0.717, 1.165) is 6.08 Å². The Morgan fingerprint density at radius 3 is 2.36 bits per heavy atom. The standard InChI is InChI=1S/C10H12O4/c1-3-9(11)13-7-5-6-8-14-10(12)4-2/h3H,1,4,7-8H2,2H3. The average molecular weight is 196 g/mol. The van der Waals surface area contributed by atoms with Crippen molar-refractivity contribution >= 4 is 11.9 Å². The van der Waals surface area contributed by atoms with E-state index in [1.54, 1.807) is 6.92 Å². The minimum absolute atomic E-state index is 0.0193. The molecule has 0 fully saturated rings. The summed E-state index contributed by atoms with van der Waals surface area (Å²) in [6, 6.07) is 0. The first-order valence-corrected chi connectivity index (χ1v) is 4.11. The highest BCUT2D eigenvalue weighted by Gasteiger charge is 1.93. The Morgan fingerprint density at radius 1 is 1.29 bits per heavy atom. The van der Waals surface area contributed by atoms with Gasteiger partial charge in [0, 0.05) is 12.5 Å². The van der Waals surface area contributed by atoms with Crippen molar-refractivity contribution in [3.8, 4) is 11.8 Å². The molecule has 14 heavy (non-hydrogen) atoms. The molecule has 0 aliphatic rings. The van der Waals surface area contributed by atoms with Gasteiger partial charge in [-0.05, 0) is 0 Å². The SMILES string of the molecule is C=CC(=O)OCC#CCOC(=O)CC. The Bertz CT molecular complexity index is 270. The first kappa shape index (κ1) is 12.2. The van der Waals surface area contributed by atoms with Crippen molar-refractivity contribution in [3.63, 3.8) is 0 Å². The zero-order valence-corrected chi connectivity index (χ0v) is 8.04. The fraction of sp³-hybridized carbons (Fsp3) is 0.400. The van der Waals surface area contributed by atoms with E-state index in [0.29, 0.717) is 6.42 Å². The lowest BCUT2D eigenvalue weighted by molar-refractivity contribution is -0.141. The molecule has 0 heterocycles. The molecule has 0 amide bonds. The van der Waals surface area contributed by atoms with Gasteiger partial charge in [-0.15, -0.1) is 0 Å². The van der Waals surface area contributed by atoms with Gasteiger partial charge >= 0.3 is 11.9 Å². The molecule has 0 radical (unpaired) electrons. The lowest BCUT2D eigenvalue weighted by atomic mass is 10.5. The van der Waals surface area contributed by atoms with Crippen LogP contribution in [0.5, 0.6) is 0 Å². The fourth-order valence-electron chi connectivity index (χ4n) is 0.487. The maximum atomic E-state index is 10.6. The van der Waals surface area contributed by atoms with Crippen molar-refractivity contribution in [3.05, 3.63) is 12.7 Å². The predicted molar refractivity (Wildman–Crippen MR) is 50.2 cm³/mol. The van der Waals surface area contributed by atoms with Crippen LogP contribution in [0.15, 0.2) is 12.7 Å². The van der Waals surface area contributed by atoms with E-state index < -0.39 is 5.97 Å². The monoisotopic (exact) mass is 196 g/mol. The quantitative estimate of drug-likeness (QED) is 0.377. The second-order valence-electron chi connectivity index (χ2n) is 2.18. The summed E-state index contributed by atoms with van der Waals surface area (Å²) >= 11 is 0. The van der Waals surface area contributed by atoms with Crippen LogP contribution in [0.25, 0.3) is 0 Å². The van der Waals surface area contributed by atoms with Gasteiger partial charge in [-0.3, -0.25) is 4.79 Å². The third-order valence-electron chi connectivity index (χ3n) is 1.17. The number of esters is 2. The Hall–Kier alpha value is -1.76. The minimum Gasteiger partial charge on any atom is -0.452 e. The van der Waals surface area contributed by atoms with E-state index in [1.165, 1.54) is 0 Å². The molecule has 0 aliphatic carbocycles. The molecule has 0 unspecified atom stereocenters. The van der Waals surface area contributed by atoms with Crippen LogP contribution >= 0.6 is 0 Å². The highest BCUT2D eigenvalue weighted by molar-refractivity contribution is 5.81. The molecule has 0 saturated heterocycles. The Labute approximate surface area is 82.9 Å². The minimum atomic E-state index is -0.523. The van der Waals surface area contributed by atoms with Crippen LogP contribution in [0, 0.1) is 11.8 Å². The van der Waals surface area contributed by atoms with Gasteiger partial charge in [0.2, 0.25) is 0 Å².